The minimum absolute atomic E-state index is 0.0955. The van der Waals surface area contributed by atoms with Gasteiger partial charge in [0.25, 0.3) is 5.91 Å². The molecule has 3 rings (SSSR count). The van der Waals surface area contributed by atoms with Crippen LogP contribution in [-0.2, 0) is 4.79 Å². The molecular formula is C24H26N2O4. The Morgan fingerprint density at radius 1 is 1.17 bits per heavy atom. The summed E-state index contributed by atoms with van der Waals surface area (Å²) in [6, 6.07) is 12.1. The summed E-state index contributed by atoms with van der Waals surface area (Å²) in [5.41, 5.74) is 1.69. The lowest BCUT2D eigenvalue weighted by molar-refractivity contribution is -0.116. The van der Waals surface area contributed by atoms with Crippen LogP contribution in [0.3, 0.4) is 0 Å². The smallest absolute Gasteiger partial charge is 0.254 e. The van der Waals surface area contributed by atoms with E-state index in [0.29, 0.717) is 28.3 Å². The van der Waals surface area contributed by atoms with Crippen molar-refractivity contribution in [2.24, 2.45) is 0 Å². The van der Waals surface area contributed by atoms with Crippen LogP contribution in [0.25, 0.3) is 0 Å². The van der Waals surface area contributed by atoms with Crippen molar-refractivity contribution in [2.45, 2.75) is 31.8 Å². The van der Waals surface area contributed by atoms with Crippen LogP contribution in [0.1, 0.15) is 41.6 Å². The van der Waals surface area contributed by atoms with Gasteiger partial charge in [-0.1, -0.05) is 12.0 Å². The number of hydrogen-bond donors (Lipinski definition) is 1. The number of carbonyl (C=O) groups excluding carboxylic acids is 2. The zero-order valence-electron chi connectivity index (χ0n) is 17.3. The first-order chi connectivity index (χ1) is 14.5. The monoisotopic (exact) mass is 406 g/mol. The van der Waals surface area contributed by atoms with Gasteiger partial charge in [0.15, 0.2) is 11.5 Å². The van der Waals surface area contributed by atoms with Crippen LogP contribution in [0.15, 0.2) is 42.5 Å². The minimum Gasteiger partial charge on any atom is -0.493 e. The van der Waals surface area contributed by atoms with E-state index in [2.05, 4.69) is 11.2 Å². The van der Waals surface area contributed by atoms with Crippen molar-refractivity contribution in [3.63, 3.8) is 0 Å². The van der Waals surface area contributed by atoms with Crippen molar-refractivity contribution in [3.8, 4) is 23.8 Å². The number of nitrogens with one attached hydrogen (secondary N) is 1. The second-order valence-corrected chi connectivity index (χ2v) is 7.32. The van der Waals surface area contributed by atoms with E-state index < -0.39 is 0 Å². The number of carbonyl (C=O) groups is 2. The van der Waals surface area contributed by atoms with Gasteiger partial charge in [-0.3, -0.25) is 9.59 Å². The van der Waals surface area contributed by atoms with Gasteiger partial charge in [0.1, 0.15) is 0 Å². The van der Waals surface area contributed by atoms with Crippen molar-refractivity contribution in [1.82, 2.24) is 4.90 Å². The Balaban J connectivity index is 1.63. The number of hydrogen-bond acceptors (Lipinski definition) is 4. The topological polar surface area (TPSA) is 67.9 Å². The number of anilines is 1. The summed E-state index contributed by atoms with van der Waals surface area (Å²) >= 11 is 0. The van der Waals surface area contributed by atoms with Crippen LogP contribution in [0, 0.1) is 12.3 Å². The molecule has 0 atom stereocenters. The van der Waals surface area contributed by atoms with Crippen LogP contribution in [-0.4, -0.2) is 43.5 Å². The number of rotatable bonds is 7. The Morgan fingerprint density at radius 3 is 2.63 bits per heavy atom. The molecule has 6 heteroatoms. The lowest BCUT2D eigenvalue weighted by Gasteiger charge is -2.19. The van der Waals surface area contributed by atoms with Gasteiger partial charge in [0, 0.05) is 23.9 Å². The predicted molar refractivity (Wildman–Crippen MR) is 116 cm³/mol. The molecule has 0 aliphatic heterocycles. The average molecular weight is 406 g/mol. The van der Waals surface area contributed by atoms with E-state index in [9.17, 15) is 9.59 Å². The fourth-order valence-corrected chi connectivity index (χ4v) is 3.48. The molecule has 1 fully saturated rings. The largest absolute Gasteiger partial charge is 0.493 e. The maximum atomic E-state index is 12.8. The zero-order chi connectivity index (χ0) is 21.5. The van der Waals surface area contributed by atoms with Crippen LogP contribution in [0.5, 0.6) is 11.5 Å². The van der Waals surface area contributed by atoms with Crippen LogP contribution < -0.4 is 14.8 Å². The first kappa shape index (κ1) is 21.3. The fraction of sp³-hybridized carbons (Fsp3) is 0.333. The molecule has 0 heterocycles. The van der Waals surface area contributed by atoms with E-state index in [1.54, 1.807) is 56.6 Å². The van der Waals surface area contributed by atoms with Gasteiger partial charge in [-0.15, -0.1) is 6.42 Å². The number of amides is 2. The van der Waals surface area contributed by atoms with Gasteiger partial charge >= 0.3 is 0 Å². The maximum absolute atomic E-state index is 12.8. The quantitative estimate of drug-likeness (QED) is 0.712. The lowest BCUT2D eigenvalue weighted by atomic mass is 10.1. The van der Waals surface area contributed by atoms with Crippen molar-refractivity contribution in [2.75, 3.05) is 26.0 Å². The third-order valence-electron chi connectivity index (χ3n) is 5.05. The first-order valence-corrected chi connectivity index (χ1v) is 9.97. The fourth-order valence-electron chi connectivity index (χ4n) is 3.48. The summed E-state index contributed by atoms with van der Waals surface area (Å²) in [5, 5.41) is 2.75. The Kier molecular flexibility index (Phi) is 6.97. The van der Waals surface area contributed by atoms with Gasteiger partial charge in [0.2, 0.25) is 5.91 Å². The van der Waals surface area contributed by atoms with Crippen molar-refractivity contribution in [1.29, 1.82) is 0 Å². The first-order valence-electron chi connectivity index (χ1n) is 9.97. The van der Waals surface area contributed by atoms with Crippen molar-refractivity contribution >= 4 is 17.5 Å². The molecule has 0 radical (unpaired) electrons. The molecule has 1 aliphatic carbocycles. The summed E-state index contributed by atoms with van der Waals surface area (Å²) in [6.45, 7) is -0.0955. The Hall–Kier alpha value is -3.46. The molecule has 1 saturated carbocycles. The van der Waals surface area contributed by atoms with E-state index in [4.69, 9.17) is 15.9 Å². The van der Waals surface area contributed by atoms with E-state index >= 15 is 0 Å². The number of methoxy groups -OCH3 is 1. The van der Waals surface area contributed by atoms with Crippen molar-refractivity contribution in [3.05, 3.63) is 53.6 Å². The molecule has 156 valence electrons. The number of nitrogens with zero attached hydrogens (tertiary/aromatic N) is 1. The molecule has 0 saturated heterocycles. The minimum atomic E-state index is -0.312. The highest BCUT2D eigenvalue weighted by molar-refractivity contribution is 5.99. The molecule has 0 aromatic heterocycles. The molecular weight excluding hydrogens is 380 g/mol. The van der Waals surface area contributed by atoms with Crippen LogP contribution in [0.2, 0.25) is 0 Å². The molecule has 0 unspecified atom stereocenters. The Morgan fingerprint density at radius 2 is 1.93 bits per heavy atom. The summed E-state index contributed by atoms with van der Waals surface area (Å²) in [7, 11) is 3.13. The van der Waals surface area contributed by atoms with Gasteiger partial charge in [0.05, 0.1) is 19.8 Å². The second-order valence-electron chi connectivity index (χ2n) is 7.32. The summed E-state index contributed by atoms with van der Waals surface area (Å²) in [5.74, 6) is 3.07. The Labute approximate surface area is 177 Å². The highest BCUT2D eigenvalue weighted by Gasteiger charge is 2.21. The van der Waals surface area contributed by atoms with Crippen LogP contribution in [0.4, 0.5) is 5.69 Å². The third-order valence-corrected chi connectivity index (χ3v) is 5.05. The van der Waals surface area contributed by atoms with E-state index in [0.717, 1.165) is 12.8 Å². The predicted octanol–water partition coefficient (Wildman–Crippen LogP) is 3.71. The molecule has 1 aliphatic rings. The van der Waals surface area contributed by atoms with E-state index in [1.807, 2.05) is 0 Å². The number of ether oxygens (including phenoxy) is 2. The molecule has 6 nitrogen and oxygen atoms in total. The van der Waals surface area contributed by atoms with Gasteiger partial charge in [-0.25, -0.2) is 0 Å². The number of likely N-dealkylation sites (N-methyl/N-ethyl adjacent to an activating group) is 1. The zero-order valence-corrected chi connectivity index (χ0v) is 17.3. The molecule has 2 aromatic carbocycles. The summed E-state index contributed by atoms with van der Waals surface area (Å²) < 4.78 is 11.4. The standard InChI is InChI=1S/C24H26N2O4/c1-4-17-8-7-9-19(14-17)25-23(27)16-26(2)24(28)18-12-13-21(22(15-18)29-3)30-20-10-5-6-11-20/h1,7-9,12-15,20H,5-6,10-11,16H2,2-3H3,(H,25,27). The summed E-state index contributed by atoms with van der Waals surface area (Å²) in [6.07, 6.45) is 9.98. The number of terminal acetylenes is 1. The van der Waals surface area contributed by atoms with Crippen LogP contribution >= 0.6 is 0 Å². The molecule has 2 amide bonds. The average Bonchev–Trinajstić information content (AvgIpc) is 3.26. The van der Waals surface area contributed by atoms with E-state index in [-0.39, 0.29) is 24.5 Å². The highest BCUT2D eigenvalue weighted by atomic mass is 16.5. The molecule has 0 spiro atoms. The molecule has 0 bridgehead atoms. The molecule has 2 aromatic rings. The summed E-state index contributed by atoms with van der Waals surface area (Å²) in [4.78, 5) is 26.5. The molecule has 30 heavy (non-hydrogen) atoms. The number of benzene rings is 2. The van der Waals surface area contributed by atoms with E-state index in [1.165, 1.54) is 17.7 Å². The lowest BCUT2D eigenvalue weighted by Crippen LogP contribution is -2.35. The normalized spacial score (nSPS) is 13.4. The van der Waals surface area contributed by atoms with Gasteiger partial charge in [-0.05, 0) is 62.1 Å². The second kappa shape index (κ2) is 9.84. The molecule has 1 N–H and O–H groups in total. The van der Waals surface area contributed by atoms with Gasteiger partial charge < -0.3 is 19.7 Å². The van der Waals surface area contributed by atoms with Crippen molar-refractivity contribution < 1.29 is 19.1 Å². The highest BCUT2D eigenvalue weighted by Crippen LogP contribution is 2.32. The Bertz CT molecular complexity index is 958. The maximum Gasteiger partial charge on any atom is 0.254 e. The van der Waals surface area contributed by atoms with Gasteiger partial charge in [-0.2, -0.15) is 0 Å². The SMILES string of the molecule is C#Cc1cccc(NC(=O)CN(C)C(=O)c2ccc(OC3CCCC3)c(OC)c2)c1. The third kappa shape index (κ3) is 5.32.